The quantitative estimate of drug-likeness (QED) is 0.885. The Morgan fingerprint density at radius 1 is 1.32 bits per heavy atom. The van der Waals surface area contributed by atoms with Crippen LogP contribution in [-0.2, 0) is 16.1 Å². The minimum atomic E-state index is -0.522. The van der Waals surface area contributed by atoms with E-state index >= 15 is 0 Å². The first kappa shape index (κ1) is 17.1. The number of fused-ring (bicyclic) bond motifs is 1. The molecular weight excluding hydrogens is 327 g/mol. The number of carbonyl (C=O) groups excluding carboxylic acids is 2. The highest BCUT2D eigenvalue weighted by Gasteiger charge is 2.22. The standard InChI is InChI=1S/C17H19FN4O3/c1-11(23)21-6-4-13(5-7-21)20-16(24)9-22-10-19-15-3-2-12(18)8-14(15)17(22)25/h2-3,8,10,13H,4-7,9H2,1H3,(H,20,24). The minimum absolute atomic E-state index is 0.0235. The number of hydrogen-bond donors (Lipinski definition) is 1. The molecule has 0 unspecified atom stereocenters. The summed E-state index contributed by atoms with van der Waals surface area (Å²) in [5, 5.41) is 3.02. The Morgan fingerprint density at radius 2 is 2.04 bits per heavy atom. The van der Waals surface area contributed by atoms with Gasteiger partial charge in [0, 0.05) is 26.1 Å². The average Bonchev–Trinajstić information content (AvgIpc) is 2.58. The molecule has 1 saturated heterocycles. The molecule has 0 atom stereocenters. The van der Waals surface area contributed by atoms with Crippen LogP contribution in [-0.4, -0.2) is 45.4 Å². The average molecular weight is 346 g/mol. The van der Waals surface area contributed by atoms with Crippen LogP contribution in [0.1, 0.15) is 19.8 Å². The van der Waals surface area contributed by atoms with Gasteiger partial charge in [0.15, 0.2) is 0 Å². The van der Waals surface area contributed by atoms with Crippen LogP contribution in [0.25, 0.3) is 10.9 Å². The fourth-order valence-electron chi connectivity index (χ4n) is 3.01. The number of likely N-dealkylation sites (tertiary alicyclic amines) is 1. The molecule has 1 aliphatic rings. The molecular formula is C17H19FN4O3. The smallest absolute Gasteiger partial charge is 0.261 e. The van der Waals surface area contributed by atoms with E-state index in [1.165, 1.54) is 30.0 Å². The predicted molar refractivity (Wildman–Crippen MR) is 89.4 cm³/mol. The molecule has 1 aromatic heterocycles. The summed E-state index contributed by atoms with van der Waals surface area (Å²) in [4.78, 5) is 41.7. The minimum Gasteiger partial charge on any atom is -0.352 e. The maximum Gasteiger partial charge on any atom is 0.261 e. The molecule has 2 aromatic rings. The Hall–Kier alpha value is -2.77. The van der Waals surface area contributed by atoms with Crippen LogP contribution in [0, 0.1) is 5.82 Å². The summed E-state index contributed by atoms with van der Waals surface area (Å²) in [6.07, 6.45) is 2.66. The van der Waals surface area contributed by atoms with Crippen LogP contribution in [0.4, 0.5) is 4.39 Å². The first-order chi connectivity index (χ1) is 11.9. The van der Waals surface area contributed by atoms with Crippen molar-refractivity contribution in [3.63, 3.8) is 0 Å². The molecule has 132 valence electrons. The Balaban J connectivity index is 1.65. The van der Waals surface area contributed by atoms with Crippen molar-refractivity contribution in [3.8, 4) is 0 Å². The predicted octanol–water partition coefficient (Wildman–Crippen LogP) is 0.663. The van der Waals surface area contributed by atoms with Crippen molar-refractivity contribution >= 4 is 22.7 Å². The van der Waals surface area contributed by atoms with Gasteiger partial charge in [-0.2, -0.15) is 0 Å². The van der Waals surface area contributed by atoms with E-state index in [0.29, 0.717) is 31.4 Å². The SMILES string of the molecule is CC(=O)N1CCC(NC(=O)Cn2cnc3ccc(F)cc3c2=O)CC1. The second kappa shape index (κ2) is 7.00. The van der Waals surface area contributed by atoms with E-state index in [4.69, 9.17) is 0 Å². The number of benzene rings is 1. The summed E-state index contributed by atoms with van der Waals surface area (Å²) in [6, 6.07) is 3.76. The third kappa shape index (κ3) is 3.84. The molecule has 1 fully saturated rings. The third-order valence-electron chi connectivity index (χ3n) is 4.41. The highest BCUT2D eigenvalue weighted by molar-refractivity contribution is 5.79. The summed E-state index contributed by atoms with van der Waals surface area (Å²) in [5.41, 5.74) is -0.0642. The fraction of sp³-hybridized carbons (Fsp3) is 0.412. The van der Waals surface area contributed by atoms with E-state index < -0.39 is 11.4 Å². The van der Waals surface area contributed by atoms with Gasteiger partial charge in [0.25, 0.3) is 5.56 Å². The molecule has 0 radical (unpaired) electrons. The number of aromatic nitrogens is 2. The Morgan fingerprint density at radius 3 is 2.72 bits per heavy atom. The first-order valence-corrected chi connectivity index (χ1v) is 8.13. The van der Waals surface area contributed by atoms with Gasteiger partial charge in [-0.3, -0.25) is 19.0 Å². The van der Waals surface area contributed by atoms with Crippen molar-refractivity contribution in [2.24, 2.45) is 0 Å². The van der Waals surface area contributed by atoms with Crippen molar-refractivity contribution in [1.82, 2.24) is 19.8 Å². The number of halogens is 1. The van der Waals surface area contributed by atoms with Gasteiger partial charge in [0.2, 0.25) is 11.8 Å². The van der Waals surface area contributed by atoms with E-state index in [1.54, 1.807) is 4.90 Å². The van der Waals surface area contributed by atoms with Gasteiger partial charge in [0.05, 0.1) is 17.2 Å². The zero-order chi connectivity index (χ0) is 18.0. The molecule has 7 nitrogen and oxygen atoms in total. The Kier molecular flexibility index (Phi) is 4.78. The highest BCUT2D eigenvalue weighted by atomic mass is 19.1. The number of nitrogens with zero attached hydrogens (tertiary/aromatic N) is 3. The van der Waals surface area contributed by atoms with Crippen LogP contribution >= 0.6 is 0 Å². The van der Waals surface area contributed by atoms with Crippen LogP contribution in [0.3, 0.4) is 0 Å². The number of piperidine rings is 1. The Bertz CT molecular complexity index is 872. The monoisotopic (exact) mass is 346 g/mol. The number of hydrogen-bond acceptors (Lipinski definition) is 4. The van der Waals surface area contributed by atoms with Gasteiger partial charge in [-0.15, -0.1) is 0 Å². The van der Waals surface area contributed by atoms with Crippen molar-refractivity contribution in [1.29, 1.82) is 0 Å². The highest BCUT2D eigenvalue weighted by Crippen LogP contribution is 2.11. The van der Waals surface area contributed by atoms with Gasteiger partial charge in [-0.1, -0.05) is 0 Å². The van der Waals surface area contributed by atoms with E-state index in [0.717, 1.165) is 6.07 Å². The Labute approximate surface area is 143 Å². The molecule has 2 heterocycles. The normalized spacial score (nSPS) is 15.4. The van der Waals surface area contributed by atoms with Crippen LogP contribution < -0.4 is 10.9 Å². The van der Waals surface area contributed by atoms with Crippen LogP contribution in [0.15, 0.2) is 29.3 Å². The second-order valence-corrected chi connectivity index (χ2v) is 6.19. The lowest BCUT2D eigenvalue weighted by atomic mass is 10.1. The lowest BCUT2D eigenvalue weighted by Gasteiger charge is -2.31. The van der Waals surface area contributed by atoms with Crippen LogP contribution in [0.2, 0.25) is 0 Å². The van der Waals surface area contributed by atoms with Gasteiger partial charge in [-0.05, 0) is 31.0 Å². The summed E-state index contributed by atoms with van der Waals surface area (Å²) < 4.78 is 14.5. The molecule has 1 aliphatic heterocycles. The zero-order valence-electron chi connectivity index (χ0n) is 13.9. The molecule has 2 amide bonds. The van der Waals surface area contributed by atoms with Gasteiger partial charge in [0.1, 0.15) is 12.4 Å². The first-order valence-electron chi connectivity index (χ1n) is 8.13. The van der Waals surface area contributed by atoms with E-state index in [2.05, 4.69) is 10.3 Å². The molecule has 8 heteroatoms. The van der Waals surface area contributed by atoms with Crippen molar-refractivity contribution < 1.29 is 14.0 Å². The van der Waals surface area contributed by atoms with Crippen molar-refractivity contribution in [2.45, 2.75) is 32.4 Å². The van der Waals surface area contributed by atoms with Gasteiger partial charge < -0.3 is 10.2 Å². The maximum atomic E-state index is 13.3. The molecule has 3 rings (SSSR count). The molecule has 25 heavy (non-hydrogen) atoms. The topological polar surface area (TPSA) is 84.3 Å². The third-order valence-corrected chi connectivity index (χ3v) is 4.41. The van der Waals surface area contributed by atoms with Gasteiger partial charge >= 0.3 is 0 Å². The summed E-state index contributed by atoms with van der Waals surface area (Å²) >= 11 is 0. The largest absolute Gasteiger partial charge is 0.352 e. The van der Waals surface area contributed by atoms with Crippen molar-refractivity contribution in [2.75, 3.05) is 13.1 Å². The zero-order valence-corrected chi connectivity index (χ0v) is 13.9. The molecule has 1 aromatic carbocycles. The van der Waals surface area contributed by atoms with Crippen molar-refractivity contribution in [3.05, 3.63) is 40.7 Å². The molecule has 1 N–H and O–H groups in total. The molecule has 0 aliphatic carbocycles. The number of nitrogens with one attached hydrogen (secondary N) is 1. The van der Waals surface area contributed by atoms with Crippen LogP contribution in [0.5, 0.6) is 0 Å². The van der Waals surface area contributed by atoms with E-state index in [9.17, 15) is 18.8 Å². The maximum absolute atomic E-state index is 13.3. The van der Waals surface area contributed by atoms with Gasteiger partial charge in [-0.25, -0.2) is 9.37 Å². The van der Waals surface area contributed by atoms with E-state index in [-0.39, 0.29) is 29.8 Å². The molecule has 0 spiro atoms. The summed E-state index contributed by atoms with van der Waals surface area (Å²) in [6.45, 7) is 2.57. The lowest BCUT2D eigenvalue weighted by molar-refractivity contribution is -0.130. The number of rotatable bonds is 3. The fourth-order valence-corrected chi connectivity index (χ4v) is 3.01. The summed E-state index contributed by atoms with van der Waals surface area (Å²) in [7, 11) is 0. The molecule has 0 saturated carbocycles. The molecule has 0 bridgehead atoms. The number of carbonyl (C=O) groups is 2. The lowest BCUT2D eigenvalue weighted by Crippen LogP contribution is -2.47. The summed E-state index contributed by atoms with van der Waals surface area (Å²) in [5.74, 6) is -0.794. The second-order valence-electron chi connectivity index (χ2n) is 6.19. The van der Waals surface area contributed by atoms with E-state index in [1.807, 2.05) is 0 Å². The number of amides is 2.